The average Bonchev–Trinajstić information content (AvgIpc) is 2.89. The SMILES string of the molecule is O=C(Cc1cccs1)N(CCCl)C1CCCCC1. The Balaban J connectivity index is 1.97. The van der Waals surface area contributed by atoms with E-state index >= 15 is 0 Å². The largest absolute Gasteiger partial charge is 0.338 e. The zero-order valence-electron chi connectivity index (χ0n) is 10.6. The van der Waals surface area contributed by atoms with Crippen LogP contribution >= 0.6 is 22.9 Å². The molecule has 1 saturated carbocycles. The van der Waals surface area contributed by atoms with Crippen molar-refractivity contribution in [2.24, 2.45) is 0 Å². The summed E-state index contributed by atoms with van der Waals surface area (Å²) in [4.78, 5) is 15.5. The molecule has 4 heteroatoms. The molecular weight excluding hydrogens is 266 g/mol. The zero-order valence-corrected chi connectivity index (χ0v) is 12.2. The molecule has 2 rings (SSSR count). The molecule has 1 aromatic heterocycles. The minimum absolute atomic E-state index is 0.241. The lowest BCUT2D eigenvalue weighted by molar-refractivity contribution is -0.133. The van der Waals surface area contributed by atoms with Gasteiger partial charge in [-0.05, 0) is 24.3 Å². The minimum Gasteiger partial charge on any atom is -0.338 e. The minimum atomic E-state index is 0.241. The van der Waals surface area contributed by atoms with Crippen molar-refractivity contribution in [3.8, 4) is 0 Å². The molecule has 0 saturated heterocycles. The fourth-order valence-electron chi connectivity index (χ4n) is 2.66. The normalized spacial score (nSPS) is 16.7. The number of alkyl halides is 1. The van der Waals surface area contributed by atoms with Crippen molar-refractivity contribution < 1.29 is 4.79 Å². The molecule has 0 unspecified atom stereocenters. The summed E-state index contributed by atoms with van der Waals surface area (Å²) in [6.45, 7) is 0.691. The molecule has 1 aromatic rings. The molecule has 0 aliphatic heterocycles. The van der Waals surface area contributed by atoms with Crippen molar-refractivity contribution in [3.63, 3.8) is 0 Å². The van der Waals surface area contributed by atoms with Crippen molar-refractivity contribution in [1.29, 1.82) is 0 Å². The Morgan fingerprint density at radius 2 is 2.17 bits per heavy atom. The first-order chi connectivity index (χ1) is 8.81. The molecule has 100 valence electrons. The number of nitrogens with zero attached hydrogens (tertiary/aromatic N) is 1. The molecule has 1 aliphatic carbocycles. The Labute approximate surface area is 118 Å². The van der Waals surface area contributed by atoms with Crippen molar-refractivity contribution >= 4 is 28.8 Å². The van der Waals surface area contributed by atoms with E-state index in [4.69, 9.17) is 11.6 Å². The summed E-state index contributed by atoms with van der Waals surface area (Å²) >= 11 is 7.50. The van der Waals surface area contributed by atoms with Crippen LogP contribution in [0.5, 0.6) is 0 Å². The van der Waals surface area contributed by atoms with E-state index in [0.717, 1.165) is 17.7 Å². The molecule has 18 heavy (non-hydrogen) atoms. The highest BCUT2D eigenvalue weighted by Gasteiger charge is 2.24. The van der Waals surface area contributed by atoms with Crippen molar-refractivity contribution in [2.45, 2.75) is 44.6 Å². The van der Waals surface area contributed by atoms with Crippen LogP contribution in [-0.2, 0) is 11.2 Å². The third-order valence-corrected chi connectivity index (χ3v) is 4.61. The number of hydrogen-bond acceptors (Lipinski definition) is 2. The summed E-state index contributed by atoms with van der Waals surface area (Å²) in [5.74, 6) is 0.775. The van der Waals surface area contributed by atoms with Crippen LogP contribution in [-0.4, -0.2) is 29.3 Å². The van der Waals surface area contributed by atoms with Gasteiger partial charge >= 0.3 is 0 Å². The number of hydrogen-bond donors (Lipinski definition) is 0. The molecule has 0 spiro atoms. The van der Waals surface area contributed by atoms with Crippen molar-refractivity contribution in [2.75, 3.05) is 12.4 Å². The van der Waals surface area contributed by atoms with Crippen LogP contribution < -0.4 is 0 Å². The molecular formula is C14H20ClNOS. The summed E-state index contributed by atoms with van der Waals surface area (Å²) < 4.78 is 0. The van der Waals surface area contributed by atoms with Crippen LogP contribution in [0.4, 0.5) is 0 Å². The Kier molecular flexibility index (Phi) is 5.51. The number of halogens is 1. The number of amides is 1. The molecule has 0 aromatic carbocycles. The summed E-state index contributed by atoms with van der Waals surface area (Å²) in [6.07, 6.45) is 6.63. The molecule has 0 bridgehead atoms. The van der Waals surface area contributed by atoms with Crippen LogP contribution in [0.3, 0.4) is 0 Å². The lowest BCUT2D eigenvalue weighted by Gasteiger charge is -2.34. The summed E-state index contributed by atoms with van der Waals surface area (Å²) in [6, 6.07) is 4.45. The predicted molar refractivity (Wildman–Crippen MR) is 77.3 cm³/mol. The van der Waals surface area contributed by atoms with Gasteiger partial charge in [0.05, 0.1) is 6.42 Å². The van der Waals surface area contributed by atoms with Crippen LogP contribution in [0, 0.1) is 0 Å². The van der Waals surface area contributed by atoms with Gasteiger partial charge in [0.1, 0.15) is 0 Å². The third-order valence-electron chi connectivity index (χ3n) is 3.57. The Hall–Kier alpha value is -0.540. The molecule has 0 radical (unpaired) electrons. The molecule has 0 N–H and O–H groups in total. The van der Waals surface area contributed by atoms with E-state index in [2.05, 4.69) is 0 Å². The number of thiophene rings is 1. The first-order valence-corrected chi connectivity index (χ1v) is 8.10. The second-order valence-electron chi connectivity index (χ2n) is 4.82. The van der Waals surface area contributed by atoms with E-state index in [1.165, 1.54) is 19.3 Å². The summed E-state index contributed by atoms with van der Waals surface area (Å²) in [7, 11) is 0. The highest BCUT2D eigenvalue weighted by Crippen LogP contribution is 2.23. The van der Waals surface area contributed by atoms with Gasteiger partial charge in [-0.1, -0.05) is 25.3 Å². The lowest BCUT2D eigenvalue weighted by Crippen LogP contribution is -2.43. The van der Waals surface area contributed by atoms with Crippen LogP contribution in [0.15, 0.2) is 17.5 Å². The van der Waals surface area contributed by atoms with Gasteiger partial charge < -0.3 is 4.90 Å². The maximum Gasteiger partial charge on any atom is 0.228 e. The Bertz CT molecular complexity index is 360. The fourth-order valence-corrected chi connectivity index (χ4v) is 3.54. The number of carbonyl (C=O) groups excluding carboxylic acids is 1. The Morgan fingerprint density at radius 3 is 2.78 bits per heavy atom. The molecule has 1 heterocycles. The van der Waals surface area contributed by atoms with Gasteiger partial charge in [-0.2, -0.15) is 0 Å². The standard InChI is InChI=1S/C14H20ClNOS/c15-8-9-16(12-5-2-1-3-6-12)14(17)11-13-7-4-10-18-13/h4,7,10,12H,1-3,5-6,8-9,11H2. The second kappa shape index (κ2) is 7.15. The highest BCUT2D eigenvalue weighted by atomic mass is 35.5. The van der Waals surface area contributed by atoms with Crippen molar-refractivity contribution in [3.05, 3.63) is 22.4 Å². The molecule has 2 nitrogen and oxygen atoms in total. The average molecular weight is 286 g/mol. The van der Waals surface area contributed by atoms with Gasteiger partial charge in [0.15, 0.2) is 0 Å². The predicted octanol–water partition coefficient (Wildman–Crippen LogP) is 3.69. The first kappa shape index (κ1) is 13.9. The van der Waals surface area contributed by atoms with Crippen molar-refractivity contribution in [1.82, 2.24) is 4.90 Å². The van der Waals surface area contributed by atoms with Gasteiger partial charge in [0.2, 0.25) is 5.91 Å². The third kappa shape index (κ3) is 3.72. The van der Waals surface area contributed by atoms with Crippen LogP contribution in [0.1, 0.15) is 37.0 Å². The molecule has 0 atom stereocenters. The highest BCUT2D eigenvalue weighted by molar-refractivity contribution is 7.10. The van der Waals surface area contributed by atoms with E-state index in [-0.39, 0.29) is 5.91 Å². The van der Waals surface area contributed by atoms with E-state index in [9.17, 15) is 4.79 Å². The van der Waals surface area contributed by atoms with E-state index in [0.29, 0.717) is 24.9 Å². The molecule has 1 amide bonds. The van der Waals surface area contributed by atoms with Gasteiger partial charge in [-0.3, -0.25) is 4.79 Å². The topological polar surface area (TPSA) is 20.3 Å². The van der Waals surface area contributed by atoms with Crippen LogP contribution in [0.2, 0.25) is 0 Å². The van der Waals surface area contributed by atoms with Gasteiger partial charge in [-0.25, -0.2) is 0 Å². The van der Waals surface area contributed by atoms with Gasteiger partial charge in [0, 0.05) is 23.3 Å². The maximum absolute atomic E-state index is 12.4. The van der Waals surface area contributed by atoms with Gasteiger partial charge in [0.25, 0.3) is 0 Å². The monoisotopic (exact) mass is 285 g/mol. The smallest absolute Gasteiger partial charge is 0.228 e. The zero-order chi connectivity index (χ0) is 12.8. The fraction of sp³-hybridized carbons (Fsp3) is 0.643. The van der Waals surface area contributed by atoms with E-state index < -0.39 is 0 Å². The number of rotatable bonds is 5. The quantitative estimate of drug-likeness (QED) is 0.756. The van der Waals surface area contributed by atoms with E-state index in [1.54, 1.807) is 11.3 Å². The second-order valence-corrected chi connectivity index (χ2v) is 6.23. The summed E-state index contributed by atoms with van der Waals surface area (Å²) in [5, 5.41) is 2.02. The Morgan fingerprint density at radius 1 is 1.39 bits per heavy atom. The maximum atomic E-state index is 12.4. The van der Waals surface area contributed by atoms with E-state index in [1.807, 2.05) is 22.4 Å². The summed E-state index contributed by atoms with van der Waals surface area (Å²) in [5.41, 5.74) is 0. The molecule has 1 fully saturated rings. The number of carbonyl (C=O) groups is 1. The van der Waals surface area contributed by atoms with Gasteiger partial charge in [-0.15, -0.1) is 22.9 Å². The van der Waals surface area contributed by atoms with Crippen LogP contribution in [0.25, 0.3) is 0 Å². The lowest BCUT2D eigenvalue weighted by atomic mass is 9.94. The first-order valence-electron chi connectivity index (χ1n) is 6.69. The molecule has 1 aliphatic rings.